The van der Waals surface area contributed by atoms with Crippen LogP contribution in [0.4, 0.5) is 23.5 Å². The summed E-state index contributed by atoms with van der Waals surface area (Å²) in [4.78, 5) is 15.7. The van der Waals surface area contributed by atoms with E-state index in [4.69, 9.17) is 23.1 Å². The van der Waals surface area contributed by atoms with E-state index in [-0.39, 0.29) is 18.5 Å². The van der Waals surface area contributed by atoms with Crippen molar-refractivity contribution in [2.45, 2.75) is 6.61 Å². The number of rotatable bonds is 4. The molecule has 3 aromatic rings. The van der Waals surface area contributed by atoms with Gasteiger partial charge in [0.05, 0.1) is 12.3 Å². The van der Waals surface area contributed by atoms with Crippen LogP contribution in [0.15, 0.2) is 36.4 Å². The highest BCUT2D eigenvalue weighted by Crippen LogP contribution is 2.24. The summed E-state index contributed by atoms with van der Waals surface area (Å²) in [5.74, 6) is 1.66. The lowest BCUT2D eigenvalue weighted by Gasteiger charge is -2.08. The summed E-state index contributed by atoms with van der Waals surface area (Å²) in [7, 11) is 3.50. The van der Waals surface area contributed by atoms with Gasteiger partial charge < -0.3 is 27.2 Å². The summed E-state index contributed by atoms with van der Waals surface area (Å²) in [6, 6.07) is 10.9. The maximum atomic E-state index is 9.29. The third-order valence-corrected chi connectivity index (χ3v) is 3.63. The minimum absolute atomic E-state index is 0.0328. The number of nitrogen functional groups attached to an aromatic ring is 2. The van der Waals surface area contributed by atoms with Gasteiger partial charge in [-0.15, -0.1) is 0 Å². The zero-order chi connectivity index (χ0) is 19.8. The molecule has 0 spiro atoms. The third-order valence-electron chi connectivity index (χ3n) is 3.43. The Hall–Kier alpha value is -3.17. The van der Waals surface area contributed by atoms with E-state index in [1.54, 1.807) is 26.2 Å². The van der Waals surface area contributed by atoms with Crippen molar-refractivity contribution in [2.75, 3.05) is 36.2 Å². The van der Waals surface area contributed by atoms with Gasteiger partial charge in [0.1, 0.15) is 16.8 Å². The Morgan fingerprint density at radius 3 is 2.11 bits per heavy atom. The average molecular weight is 389 g/mol. The van der Waals surface area contributed by atoms with E-state index in [2.05, 4.69) is 30.6 Å². The molecule has 0 radical (unpaired) electrons. The van der Waals surface area contributed by atoms with Crippen LogP contribution in [0, 0.1) is 0 Å². The number of aromatic nitrogens is 4. The van der Waals surface area contributed by atoms with Gasteiger partial charge in [-0.05, 0) is 5.56 Å². The molecule has 9 nitrogen and oxygen atoms in total. The largest absolute Gasteiger partial charge is 0.392 e. The number of benzene rings is 1. The number of nitrogens with zero attached hydrogens (tertiary/aromatic N) is 4. The Morgan fingerprint density at radius 2 is 1.52 bits per heavy atom. The molecule has 2 heterocycles. The van der Waals surface area contributed by atoms with Crippen molar-refractivity contribution in [1.29, 1.82) is 0 Å². The number of aliphatic hydroxyl groups is 1. The molecule has 0 aliphatic carbocycles. The van der Waals surface area contributed by atoms with Crippen LogP contribution in [0.1, 0.15) is 5.56 Å². The monoisotopic (exact) mass is 388 g/mol. The molecule has 0 amide bonds. The van der Waals surface area contributed by atoms with Crippen LogP contribution < -0.4 is 22.1 Å². The molecule has 0 aliphatic heterocycles. The molecule has 2 aromatic heterocycles. The summed E-state index contributed by atoms with van der Waals surface area (Å²) in [5.41, 5.74) is 13.3. The molecule has 0 fully saturated rings. The smallest absolute Gasteiger partial charge is 0.223 e. The van der Waals surface area contributed by atoms with Crippen molar-refractivity contribution < 1.29 is 5.11 Å². The van der Waals surface area contributed by atoms with Crippen molar-refractivity contribution in [3.8, 4) is 11.3 Å². The van der Waals surface area contributed by atoms with Crippen LogP contribution >= 0.6 is 11.6 Å². The van der Waals surface area contributed by atoms with Gasteiger partial charge in [-0.3, -0.25) is 0 Å². The molecule has 142 valence electrons. The number of aliphatic hydroxyl groups excluding tert-OH is 1. The first-order chi connectivity index (χ1) is 13.0. The summed E-state index contributed by atoms with van der Waals surface area (Å²) in [6.45, 7) is -0.0328. The molecular formula is C17H21ClN8O. The van der Waals surface area contributed by atoms with Gasteiger partial charge in [-0.1, -0.05) is 35.9 Å². The summed E-state index contributed by atoms with van der Waals surface area (Å²) >= 11 is 5.56. The Kier molecular flexibility index (Phi) is 7.09. The molecule has 0 unspecified atom stereocenters. The van der Waals surface area contributed by atoms with Gasteiger partial charge in [-0.25, -0.2) is 9.97 Å². The number of anilines is 4. The molecule has 0 atom stereocenters. The molecule has 0 aliphatic rings. The average Bonchev–Trinajstić information content (AvgIpc) is 2.67. The number of nitrogens with one attached hydrogen (secondary N) is 2. The predicted octanol–water partition coefficient (Wildman–Crippen LogP) is 2.01. The van der Waals surface area contributed by atoms with Gasteiger partial charge in [0.2, 0.25) is 11.9 Å². The van der Waals surface area contributed by atoms with E-state index in [9.17, 15) is 5.11 Å². The molecule has 0 saturated carbocycles. The van der Waals surface area contributed by atoms with Gasteiger partial charge in [-0.2, -0.15) is 9.97 Å². The van der Waals surface area contributed by atoms with E-state index >= 15 is 0 Å². The maximum absolute atomic E-state index is 9.29. The first-order valence-electron chi connectivity index (χ1n) is 7.96. The fourth-order valence-electron chi connectivity index (χ4n) is 2.20. The van der Waals surface area contributed by atoms with Crippen LogP contribution in [0.2, 0.25) is 5.15 Å². The first kappa shape index (κ1) is 20.1. The molecule has 3 rings (SSSR count). The molecule has 27 heavy (non-hydrogen) atoms. The molecular weight excluding hydrogens is 368 g/mol. The van der Waals surface area contributed by atoms with E-state index in [0.29, 0.717) is 22.5 Å². The van der Waals surface area contributed by atoms with E-state index in [0.717, 1.165) is 11.1 Å². The first-order valence-corrected chi connectivity index (χ1v) is 8.33. The predicted molar refractivity (Wildman–Crippen MR) is 108 cm³/mol. The SMILES string of the molecule is CNc1cc(-c2ccccc2CO)nc(N)n1.CNc1cc(Cl)nc(N)n1. The van der Waals surface area contributed by atoms with Crippen LogP contribution in [-0.2, 0) is 6.61 Å². The Labute approximate surface area is 161 Å². The zero-order valence-corrected chi connectivity index (χ0v) is 15.7. The third kappa shape index (κ3) is 5.66. The van der Waals surface area contributed by atoms with Gasteiger partial charge >= 0.3 is 0 Å². The number of hydrogen-bond acceptors (Lipinski definition) is 9. The standard InChI is InChI=1S/C12H14N4O.C5H7ClN4/c1-14-11-6-10(15-12(13)16-11)9-5-3-2-4-8(9)7-17;1-8-4-2-3(6)9-5(7)10-4/h2-6,17H,7H2,1H3,(H3,13,14,15,16);2H,1H3,(H3,7,8,9,10). The molecule has 10 heteroatoms. The van der Waals surface area contributed by atoms with Crippen molar-refractivity contribution in [3.63, 3.8) is 0 Å². The number of hydrogen-bond donors (Lipinski definition) is 5. The molecule has 0 bridgehead atoms. The highest BCUT2D eigenvalue weighted by atomic mass is 35.5. The van der Waals surface area contributed by atoms with Crippen molar-refractivity contribution in [2.24, 2.45) is 0 Å². The minimum Gasteiger partial charge on any atom is -0.392 e. The molecule has 0 saturated heterocycles. The lowest BCUT2D eigenvalue weighted by atomic mass is 10.0. The van der Waals surface area contributed by atoms with Crippen LogP contribution in [0.5, 0.6) is 0 Å². The molecule has 7 N–H and O–H groups in total. The Bertz CT molecular complexity index is 886. The highest BCUT2D eigenvalue weighted by Gasteiger charge is 2.07. The normalized spacial score (nSPS) is 9.93. The Morgan fingerprint density at radius 1 is 0.926 bits per heavy atom. The fraction of sp³-hybridized carbons (Fsp3) is 0.176. The topological polar surface area (TPSA) is 148 Å². The van der Waals surface area contributed by atoms with E-state index < -0.39 is 0 Å². The quantitative estimate of drug-likeness (QED) is 0.423. The second-order valence-corrected chi connectivity index (χ2v) is 5.63. The van der Waals surface area contributed by atoms with Crippen molar-refractivity contribution in [1.82, 2.24) is 19.9 Å². The maximum Gasteiger partial charge on any atom is 0.223 e. The van der Waals surface area contributed by atoms with Crippen LogP contribution in [0.3, 0.4) is 0 Å². The van der Waals surface area contributed by atoms with E-state index in [1.165, 1.54) is 0 Å². The van der Waals surface area contributed by atoms with Gasteiger partial charge in [0.15, 0.2) is 0 Å². The summed E-state index contributed by atoms with van der Waals surface area (Å²) in [5, 5.41) is 15.3. The highest BCUT2D eigenvalue weighted by molar-refractivity contribution is 6.29. The fourth-order valence-corrected chi connectivity index (χ4v) is 2.39. The lowest BCUT2D eigenvalue weighted by Crippen LogP contribution is -2.02. The number of nitrogens with two attached hydrogens (primary N) is 2. The summed E-state index contributed by atoms with van der Waals surface area (Å²) in [6.07, 6.45) is 0. The van der Waals surface area contributed by atoms with Gasteiger partial charge in [0, 0.05) is 31.8 Å². The molecule has 1 aromatic carbocycles. The zero-order valence-electron chi connectivity index (χ0n) is 14.9. The minimum atomic E-state index is -0.0328. The second-order valence-electron chi connectivity index (χ2n) is 5.25. The summed E-state index contributed by atoms with van der Waals surface area (Å²) < 4.78 is 0. The second kappa shape index (κ2) is 9.51. The van der Waals surface area contributed by atoms with Crippen molar-refractivity contribution >= 4 is 35.1 Å². The lowest BCUT2D eigenvalue weighted by molar-refractivity contribution is 0.282. The van der Waals surface area contributed by atoms with Gasteiger partial charge in [0.25, 0.3) is 0 Å². The van der Waals surface area contributed by atoms with Crippen LogP contribution in [0.25, 0.3) is 11.3 Å². The van der Waals surface area contributed by atoms with Crippen molar-refractivity contribution in [3.05, 3.63) is 47.1 Å². The van der Waals surface area contributed by atoms with E-state index in [1.807, 2.05) is 24.3 Å². The Balaban J connectivity index is 0.000000223. The number of halogens is 1. The van der Waals surface area contributed by atoms with Crippen LogP contribution in [-0.4, -0.2) is 39.1 Å².